The molecule has 19 heavy (non-hydrogen) atoms. The molecule has 0 saturated carbocycles. The summed E-state index contributed by atoms with van der Waals surface area (Å²) >= 11 is 0. The number of nitrogens with zero attached hydrogens (tertiary/aromatic N) is 3. The van der Waals surface area contributed by atoms with Crippen LogP contribution in [-0.4, -0.2) is 27.4 Å². The van der Waals surface area contributed by atoms with E-state index >= 15 is 0 Å². The van der Waals surface area contributed by atoms with Crippen molar-refractivity contribution in [3.63, 3.8) is 0 Å². The van der Waals surface area contributed by atoms with Crippen molar-refractivity contribution in [1.29, 1.82) is 0 Å². The van der Waals surface area contributed by atoms with Crippen molar-refractivity contribution in [3.05, 3.63) is 48.2 Å². The molecule has 6 nitrogen and oxygen atoms in total. The van der Waals surface area contributed by atoms with Crippen LogP contribution in [0.1, 0.15) is 15.9 Å². The van der Waals surface area contributed by atoms with Crippen molar-refractivity contribution < 1.29 is 4.79 Å². The van der Waals surface area contributed by atoms with E-state index in [-0.39, 0.29) is 12.5 Å². The first-order chi connectivity index (χ1) is 9.29. The smallest absolute Gasteiger partial charge is 0.258 e. The molecule has 0 aliphatic heterocycles. The van der Waals surface area contributed by atoms with Gasteiger partial charge in [0.15, 0.2) is 5.82 Å². The van der Waals surface area contributed by atoms with Gasteiger partial charge in [-0.05, 0) is 6.07 Å². The van der Waals surface area contributed by atoms with Crippen molar-refractivity contribution in [2.45, 2.75) is 0 Å². The number of nitrogens with one attached hydrogen (secondary N) is 1. The van der Waals surface area contributed by atoms with Gasteiger partial charge in [-0.1, -0.05) is 11.8 Å². The molecule has 0 saturated heterocycles. The first kappa shape index (κ1) is 12.7. The van der Waals surface area contributed by atoms with Crippen molar-refractivity contribution >= 4 is 11.7 Å². The minimum Gasteiger partial charge on any atom is -0.320 e. The van der Waals surface area contributed by atoms with E-state index in [9.17, 15) is 4.79 Å². The highest BCUT2D eigenvalue weighted by Crippen LogP contribution is 2.05. The van der Waals surface area contributed by atoms with Gasteiger partial charge in [0.1, 0.15) is 0 Å². The molecule has 2 aromatic rings. The first-order valence-corrected chi connectivity index (χ1v) is 5.51. The molecular weight excluding hydrogens is 242 g/mol. The topological polar surface area (TPSA) is 93.8 Å². The van der Waals surface area contributed by atoms with Gasteiger partial charge < -0.3 is 11.1 Å². The zero-order valence-electron chi connectivity index (χ0n) is 10.00. The van der Waals surface area contributed by atoms with Gasteiger partial charge in [-0.3, -0.25) is 14.8 Å². The molecule has 0 unspecified atom stereocenters. The standard InChI is InChI=1S/C13H11N5O/c14-3-1-2-10-6-11(8-16-7-10)13(19)18-12-9-15-4-5-17-12/h4-9H,3,14H2,(H,17,18,19). The Kier molecular flexibility index (Phi) is 4.16. The van der Waals surface area contributed by atoms with Crippen LogP contribution >= 0.6 is 0 Å². The van der Waals surface area contributed by atoms with Crippen LogP contribution in [0, 0.1) is 11.8 Å². The van der Waals surface area contributed by atoms with Crippen LogP contribution in [0.15, 0.2) is 37.1 Å². The minimum atomic E-state index is -0.315. The molecule has 0 fully saturated rings. The van der Waals surface area contributed by atoms with Gasteiger partial charge in [-0.15, -0.1) is 0 Å². The average Bonchev–Trinajstić information content (AvgIpc) is 2.46. The number of nitrogens with two attached hydrogens (primary N) is 1. The van der Waals surface area contributed by atoms with Gasteiger partial charge in [0.05, 0.1) is 18.3 Å². The van der Waals surface area contributed by atoms with Crippen LogP contribution in [0.2, 0.25) is 0 Å². The zero-order valence-corrected chi connectivity index (χ0v) is 10.00. The molecule has 0 spiro atoms. The number of hydrogen-bond acceptors (Lipinski definition) is 5. The van der Waals surface area contributed by atoms with E-state index in [0.717, 1.165) is 0 Å². The Morgan fingerprint density at radius 3 is 2.89 bits per heavy atom. The maximum absolute atomic E-state index is 11.9. The number of carbonyl (C=O) groups excluding carboxylic acids is 1. The van der Waals surface area contributed by atoms with E-state index in [1.54, 1.807) is 12.3 Å². The summed E-state index contributed by atoms with van der Waals surface area (Å²) in [4.78, 5) is 23.7. The Hall–Kier alpha value is -2.78. The summed E-state index contributed by atoms with van der Waals surface area (Å²) in [6.45, 7) is 0.260. The van der Waals surface area contributed by atoms with Gasteiger partial charge in [0.2, 0.25) is 0 Å². The van der Waals surface area contributed by atoms with E-state index in [2.05, 4.69) is 32.1 Å². The predicted octanol–water partition coefficient (Wildman–Crippen LogP) is 0.434. The third-order valence-corrected chi connectivity index (χ3v) is 2.14. The number of amides is 1. The summed E-state index contributed by atoms with van der Waals surface area (Å²) in [5.74, 6) is 5.59. The summed E-state index contributed by atoms with van der Waals surface area (Å²) in [7, 11) is 0. The highest BCUT2D eigenvalue weighted by atomic mass is 16.1. The SMILES string of the molecule is NCC#Cc1cncc(C(=O)Nc2cnccn2)c1. The van der Waals surface area contributed by atoms with Crippen LogP contribution in [0.25, 0.3) is 0 Å². The quantitative estimate of drug-likeness (QED) is 0.757. The maximum Gasteiger partial charge on any atom is 0.258 e. The molecule has 0 aromatic carbocycles. The van der Waals surface area contributed by atoms with Crippen molar-refractivity contribution in [3.8, 4) is 11.8 Å². The fourth-order valence-electron chi connectivity index (χ4n) is 1.34. The zero-order chi connectivity index (χ0) is 13.5. The highest BCUT2D eigenvalue weighted by molar-refractivity contribution is 6.03. The van der Waals surface area contributed by atoms with Crippen LogP contribution in [0.3, 0.4) is 0 Å². The maximum atomic E-state index is 11.9. The largest absolute Gasteiger partial charge is 0.320 e. The second-order valence-corrected chi connectivity index (χ2v) is 3.51. The van der Waals surface area contributed by atoms with E-state index in [1.807, 2.05) is 0 Å². The van der Waals surface area contributed by atoms with Gasteiger partial charge in [0.25, 0.3) is 5.91 Å². The molecule has 94 valence electrons. The number of aromatic nitrogens is 3. The van der Waals surface area contributed by atoms with Crippen LogP contribution in [-0.2, 0) is 0 Å². The number of pyridine rings is 1. The van der Waals surface area contributed by atoms with Crippen molar-refractivity contribution in [1.82, 2.24) is 15.0 Å². The van der Waals surface area contributed by atoms with E-state index < -0.39 is 0 Å². The number of carbonyl (C=O) groups is 1. The monoisotopic (exact) mass is 253 g/mol. The third kappa shape index (κ3) is 3.59. The van der Waals surface area contributed by atoms with E-state index in [1.165, 1.54) is 24.8 Å². The highest BCUT2D eigenvalue weighted by Gasteiger charge is 2.07. The molecule has 3 N–H and O–H groups in total. The Labute approximate surface area is 110 Å². The van der Waals surface area contributed by atoms with Gasteiger partial charge >= 0.3 is 0 Å². The van der Waals surface area contributed by atoms with Gasteiger partial charge in [0, 0.05) is 30.4 Å². The Balaban J connectivity index is 2.15. The summed E-state index contributed by atoms with van der Waals surface area (Å²) in [6.07, 6.45) is 7.52. The number of hydrogen-bond donors (Lipinski definition) is 2. The van der Waals surface area contributed by atoms with Crippen molar-refractivity contribution in [2.75, 3.05) is 11.9 Å². The van der Waals surface area contributed by atoms with E-state index in [0.29, 0.717) is 16.9 Å². The summed E-state index contributed by atoms with van der Waals surface area (Å²) in [6, 6.07) is 1.64. The predicted molar refractivity (Wildman–Crippen MR) is 70.2 cm³/mol. The van der Waals surface area contributed by atoms with Crippen LogP contribution < -0.4 is 11.1 Å². The molecule has 1 amide bonds. The molecular formula is C13H11N5O. The van der Waals surface area contributed by atoms with Crippen LogP contribution in [0.5, 0.6) is 0 Å². The molecule has 6 heteroatoms. The van der Waals surface area contributed by atoms with Crippen LogP contribution in [0.4, 0.5) is 5.82 Å². The molecule has 2 rings (SSSR count). The first-order valence-electron chi connectivity index (χ1n) is 5.51. The lowest BCUT2D eigenvalue weighted by Crippen LogP contribution is -2.13. The molecule has 0 radical (unpaired) electrons. The Morgan fingerprint density at radius 2 is 2.16 bits per heavy atom. The summed E-state index contributed by atoms with van der Waals surface area (Å²) < 4.78 is 0. The molecule has 0 aliphatic carbocycles. The molecule has 2 aromatic heterocycles. The number of rotatable bonds is 2. The second kappa shape index (κ2) is 6.23. The molecule has 0 bridgehead atoms. The fraction of sp³-hybridized carbons (Fsp3) is 0.0769. The molecule has 0 aliphatic rings. The van der Waals surface area contributed by atoms with Gasteiger partial charge in [-0.2, -0.15) is 0 Å². The molecule has 2 heterocycles. The van der Waals surface area contributed by atoms with E-state index in [4.69, 9.17) is 5.73 Å². The lowest BCUT2D eigenvalue weighted by molar-refractivity contribution is 0.102. The Morgan fingerprint density at radius 1 is 1.26 bits per heavy atom. The number of anilines is 1. The second-order valence-electron chi connectivity index (χ2n) is 3.51. The summed E-state index contributed by atoms with van der Waals surface area (Å²) in [5.41, 5.74) is 6.32. The normalized spacial score (nSPS) is 9.32. The fourth-order valence-corrected chi connectivity index (χ4v) is 1.34. The third-order valence-electron chi connectivity index (χ3n) is 2.14. The average molecular weight is 253 g/mol. The Bertz CT molecular complexity index is 630. The minimum absolute atomic E-state index is 0.260. The van der Waals surface area contributed by atoms with Crippen molar-refractivity contribution in [2.24, 2.45) is 5.73 Å². The lowest BCUT2D eigenvalue weighted by atomic mass is 10.2. The lowest BCUT2D eigenvalue weighted by Gasteiger charge is -2.03. The molecule has 0 atom stereocenters. The summed E-state index contributed by atoms with van der Waals surface area (Å²) in [5, 5.41) is 2.62. The van der Waals surface area contributed by atoms with Gasteiger partial charge in [-0.25, -0.2) is 4.98 Å².